The number of allylic oxidation sites excluding steroid dienone is 1. The van der Waals surface area contributed by atoms with Crippen LogP contribution in [-0.2, 0) is 17.8 Å². The van der Waals surface area contributed by atoms with Gasteiger partial charge in [0.05, 0.1) is 28.0 Å². The van der Waals surface area contributed by atoms with Crippen LogP contribution in [0.2, 0.25) is 0 Å². The van der Waals surface area contributed by atoms with E-state index >= 15 is 0 Å². The second-order valence-electron chi connectivity index (χ2n) is 8.85. The molecule has 0 saturated carbocycles. The molecule has 0 atom stereocenters. The van der Waals surface area contributed by atoms with Gasteiger partial charge in [-0.25, -0.2) is 9.78 Å². The normalized spacial score (nSPS) is 15.4. The molecule has 1 aliphatic heterocycles. The molecule has 0 saturated heterocycles. The number of benzene rings is 2. The molecule has 35 heavy (non-hydrogen) atoms. The molecule has 3 heterocycles. The summed E-state index contributed by atoms with van der Waals surface area (Å²) in [6, 6.07) is 13.6. The molecule has 0 bridgehead atoms. The molecule has 0 spiro atoms. The highest BCUT2D eigenvalue weighted by Gasteiger charge is 2.26. The molecule has 0 unspecified atom stereocenters. The molecule has 176 valence electrons. The summed E-state index contributed by atoms with van der Waals surface area (Å²) >= 11 is 0. The van der Waals surface area contributed by atoms with Gasteiger partial charge in [0.25, 0.3) is 0 Å². The average molecular weight is 469 g/mol. The minimum absolute atomic E-state index is 0.116. The van der Waals surface area contributed by atoms with Crippen molar-refractivity contribution in [3.05, 3.63) is 81.9 Å². The van der Waals surface area contributed by atoms with Crippen LogP contribution in [0.15, 0.2) is 47.0 Å². The molecule has 7 nitrogen and oxygen atoms in total. The second-order valence-corrected chi connectivity index (χ2v) is 8.85. The zero-order chi connectivity index (χ0) is 23.9. The van der Waals surface area contributed by atoms with Gasteiger partial charge in [-0.1, -0.05) is 29.4 Å². The fraction of sp³-hybridized carbons (Fsp3) is 0.250. The summed E-state index contributed by atoms with van der Waals surface area (Å²) in [5, 5.41) is 4.76. The van der Waals surface area contributed by atoms with Crippen LogP contribution in [0.5, 0.6) is 11.5 Å². The van der Waals surface area contributed by atoms with Crippen LogP contribution < -0.4 is 9.47 Å². The molecule has 1 aliphatic carbocycles. The average Bonchev–Trinajstić information content (AvgIpc) is 3.47. The van der Waals surface area contributed by atoms with E-state index in [-0.39, 0.29) is 19.4 Å². The first-order valence-corrected chi connectivity index (χ1v) is 11.7. The van der Waals surface area contributed by atoms with Gasteiger partial charge in [0.2, 0.25) is 6.79 Å². The molecule has 6 rings (SSSR count). The van der Waals surface area contributed by atoms with Gasteiger partial charge in [-0.05, 0) is 74.1 Å². The first kappa shape index (κ1) is 21.4. The van der Waals surface area contributed by atoms with Crippen molar-refractivity contribution in [2.75, 3.05) is 6.79 Å². The van der Waals surface area contributed by atoms with Gasteiger partial charge in [-0.15, -0.1) is 0 Å². The number of carbonyl (C=O) groups is 1. The molecule has 0 amide bonds. The Morgan fingerprint density at radius 1 is 1.09 bits per heavy atom. The summed E-state index contributed by atoms with van der Waals surface area (Å²) in [6.45, 7) is 4.02. The third kappa shape index (κ3) is 3.83. The van der Waals surface area contributed by atoms with Crippen LogP contribution in [-0.4, -0.2) is 22.9 Å². The van der Waals surface area contributed by atoms with E-state index in [9.17, 15) is 4.79 Å². The zero-order valence-electron chi connectivity index (χ0n) is 19.6. The predicted octanol–water partition coefficient (Wildman–Crippen LogP) is 5.80. The number of aryl methyl sites for hydroxylation is 2. The lowest BCUT2D eigenvalue weighted by molar-refractivity contribution is 0.0471. The number of hydrogen-bond acceptors (Lipinski definition) is 7. The summed E-state index contributed by atoms with van der Waals surface area (Å²) in [7, 11) is 0. The zero-order valence-corrected chi connectivity index (χ0v) is 19.6. The van der Waals surface area contributed by atoms with Crippen molar-refractivity contribution < 1.29 is 23.5 Å². The molecule has 4 aromatic rings. The maximum Gasteiger partial charge on any atom is 0.339 e. The van der Waals surface area contributed by atoms with Crippen LogP contribution in [0.25, 0.3) is 22.6 Å². The Morgan fingerprint density at radius 3 is 2.80 bits per heavy atom. The number of nitrogens with zero attached hydrogens (tertiary/aromatic N) is 2. The molecule has 2 aromatic carbocycles. The first-order chi connectivity index (χ1) is 17.1. The Balaban J connectivity index is 1.42. The van der Waals surface area contributed by atoms with Gasteiger partial charge >= 0.3 is 5.97 Å². The number of rotatable bonds is 4. The number of pyridine rings is 1. The highest BCUT2D eigenvalue weighted by molar-refractivity contribution is 6.06. The van der Waals surface area contributed by atoms with Crippen molar-refractivity contribution in [1.82, 2.24) is 10.1 Å². The number of fused-ring (bicyclic) bond motifs is 3. The lowest BCUT2D eigenvalue weighted by Gasteiger charge is -2.22. The van der Waals surface area contributed by atoms with E-state index in [2.05, 4.69) is 11.2 Å². The summed E-state index contributed by atoms with van der Waals surface area (Å²) in [4.78, 5) is 18.5. The number of ether oxygens (including phenoxy) is 3. The number of para-hydroxylation sites is 1. The smallest absolute Gasteiger partial charge is 0.339 e. The Morgan fingerprint density at radius 2 is 1.94 bits per heavy atom. The molecule has 2 aromatic heterocycles. The Bertz CT molecular complexity index is 1480. The van der Waals surface area contributed by atoms with Crippen molar-refractivity contribution in [2.24, 2.45) is 0 Å². The van der Waals surface area contributed by atoms with E-state index in [0.717, 1.165) is 75.3 Å². The van der Waals surface area contributed by atoms with E-state index in [1.807, 2.05) is 56.3 Å². The quantitative estimate of drug-likeness (QED) is 0.350. The summed E-state index contributed by atoms with van der Waals surface area (Å²) in [5.41, 5.74) is 6.79. The maximum atomic E-state index is 13.5. The van der Waals surface area contributed by atoms with Crippen molar-refractivity contribution in [3.8, 4) is 11.5 Å². The first-order valence-electron chi connectivity index (χ1n) is 11.7. The summed E-state index contributed by atoms with van der Waals surface area (Å²) in [5.74, 6) is 1.80. The lowest BCUT2D eigenvalue weighted by Crippen LogP contribution is -2.15. The minimum Gasteiger partial charge on any atom is -0.457 e. The monoisotopic (exact) mass is 468 g/mol. The highest BCUT2D eigenvalue weighted by atomic mass is 16.7. The van der Waals surface area contributed by atoms with Crippen LogP contribution in [0.1, 0.15) is 57.0 Å². The molecule has 7 heteroatoms. The number of esters is 1. The Kier molecular flexibility index (Phi) is 5.25. The van der Waals surface area contributed by atoms with E-state index in [1.165, 1.54) is 0 Å². The highest BCUT2D eigenvalue weighted by Crippen LogP contribution is 2.38. The summed E-state index contributed by atoms with van der Waals surface area (Å²) in [6.07, 6.45) is 4.69. The summed E-state index contributed by atoms with van der Waals surface area (Å²) < 4.78 is 22.0. The predicted molar refractivity (Wildman–Crippen MR) is 130 cm³/mol. The van der Waals surface area contributed by atoms with E-state index in [1.54, 1.807) is 0 Å². The molecular weight excluding hydrogens is 444 g/mol. The largest absolute Gasteiger partial charge is 0.457 e. The SMILES string of the molecule is Cc1noc(C)c1COC(=O)c1c2c(nc3ccccc13)C(=Cc1ccc3c(c1)OCO3)CCC2. The lowest BCUT2D eigenvalue weighted by atomic mass is 9.86. The van der Waals surface area contributed by atoms with Crippen molar-refractivity contribution in [1.29, 1.82) is 0 Å². The van der Waals surface area contributed by atoms with Crippen LogP contribution in [0.3, 0.4) is 0 Å². The van der Waals surface area contributed by atoms with Gasteiger partial charge in [-0.2, -0.15) is 0 Å². The topological polar surface area (TPSA) is 83.7 Å². The molecule has 0 radical (unpaired) electrons. The Labute approximate surface area is 202 Å². The van der Waals surface area contributed by atoms with Gasteiger partial charge in [0, 0.05) is 5.39 Å². The van der Waals surface area contributed by atoms with Gasteiger partial charge in [0.1, 0.15) is 12.4 Å². The Hall–Kier alpha value is -4.13. The molecular formula is C28H24N2O5. The maximum absolute atomic E-state index is 13.5. The van der Waals surface area contributed by atoms with Crippen molar-refractivity contribution >= 4 is 28.5 Å². The molecule has 2 aliphatic rings. The van der Waals surface area contributed by atoms with E-state index in [4.69, 9.17) is 23.7 Å². The van der Waals surface area contributed by atoms with Gasteiger partial charge in [-0.3, -0.25) is 0 Å². The van der Waals surface area contributed by atoms with Crippen molar-refractivity contribution in [2.45, 2.75) is 39.7 Å². The van der Waals surface area contributed by atoms with E-state index < -0.39 is 0 Å². The number of carbonyl (C=O) groups excluding carboxylic acids is 1. The standard InChI is InChI=1S/C28H24N2O5/c1-16-22(17(2)35-30-16)14-32-28(31)26-20-7-3-4-9-23(20)29-27-19(6-5-8-21(26)27)12-18-10-11-24-25(13-18)34-15-33-24/h3-4,7,9-13H,5-6,8,14-15H2,1-2H3. The van der Waals surface area contributed by atoms with Crippen LogP contribution in [0.4, 0.5) is 0 Å². The van der Waals surface area contributed by atoms with Gasteiger partial charge < -0.3 is 18.7 Å². The molecule has 0 fully saturated rings. The second kappa shape index (κ2) is 8.58. The third-order valence-corrected chi connectivity index (χ3v) is 6.64. The van der Waals surface area contributed by atoms with Crippen molar-refractivity contribution in [3.63, 3.8) is 0 Å². The molecule has 0 N–H and O–H groups in total. The number of hydrogen-bond donors (Lipinski definition) is 0. The fourth-order valence-electron chi connectivity index (χ4n) is 4.83. The minimum atomic E-state index is -0.357. The van der Waals surface area contributed by atoms with Crippen LogP contribution in [0, 0.1) is 13.8 Å². The fourth-order valence-corrected chi connectivity index (χ4v) is 4.83. The third-order valence-electron chi connectivity index (χ3n) is 6.64. The van der Waals surface area contributed by atoms with Crippen LogP contribution >= 0.6 is 0 Å². The van der Waals surface area contributed by atoms with E-state index in [0.29, 0.717) is 11.3 Å². The van der Waals surface area contributed by atoms with Gasteiger partial charge in [0.15, 0.2) is 11.5 Å². The number of aromatic nitrogens is 2.